The van der Waals surface area contributed by atoms with Crippen molar-refractivity contribution in [1.29, 1.82) is 0 Å². The van der Waals surface area contributed by atoms with Crippen molar-refractivity contribution in [3.8, 4) is 0 Å². The second kappa shape index (κ2) is 6.48. The van der Waals surface area contributed by atoms with Crippen molar-refractivity contribution in [3.05, 3.63) is 68.9 Å². The lowest BCUT2D eigenvalue weighted by atomic mass is 9.99. The third-order valence-corrected chi connectivity index (χ3v) is 4.91. The van der Waals surface area contributed by atoms with E-state index in [1.165, 1.54) is 0 Å². The molecule has 0 bridgehead atoms. The van der Waals surface area contributed by atoms with Gasteiger partial charge in [0, 0.05) is 41.1 Å². The molecule has 25 heavy (non-hydrogen) atoms. The Morgan fingerprint density at radius 3 is 2.60 bits per heavy atom. The third kappa shape index (κ3) is 3.51. The number of carbonyl (C=O) groups is 1. The van der Waals surface area contributed by atoms with Crippen molar-refractivity contribution >= 4 is 23.1 Å². The van der Waals surface area contributed by atoms with E-state index in [9.17, 15) is 9.59 Å². The van der Waals surface area contributed by atoms with Gasteiger partial charge in [0.25, 0.3) is 5.56 Å². The summed E-state index contributed by atoms with van der Waals surface area (Å²) in [6, 6.07) is 7.38. The summed E-state index contributed by atoms with van der Waals surface area (Å²) in [5.74, 6) is 0.448. The first-order valence-electron chi connectivity index (χ1n) is 8.47. The number of amides is 1. The van der Waals surface area contributed by atoms with Gasteiger partial charge in [-0.3, -0.25) is 9.59 Å². The average Bonchev–Trinajstić information content (AvgIpc) is 3.35. The van der Waals surface area contributed by atoms with Gasteiger partial charge in [-0.05, 0) is 43.4 Å². The Labute approximate surface area is 150 Å². The number of carbonyl (C=O) groups excluding carboxylic acids is 1. The largest absolute Gasteiger partial charge is 0.350 e. The van der Waals surface area contributed by atoms with E-state index >= 15 is 0 Å². The predicted molar refractivity (Wildman–Crippen MR) is 96.5 cm³/mol. The molecule has 0 unspecified atom stereocenters. The Balaban J connectivity index is 1.75. The molecule has 0 aromatic carbocycles. The van der Waals surface area contributed by atoms with Crippen molar-refractivity contribution in [2.75, 3.05) is 0 Å². The van der Waals surface area contributed by atoms with Crippen LogP contribution in [0.4, 0.5) is 0 Å². The molecule has 1 saturated heterocycles. The van der Waals surface area contributed by atoms with Crippen LogP contribution in [0.5, 0.6) is 0 Å². The molecule has 2 aliphatic rings. The molecule has 4 rings (SSSR count). The van der Waals surface area contributed by atoms with Gasteiger partial charge in [-0.2, -0.15) is 0 Å². The monoisotopic (exact) mass is 355 g/mol. The summed E-state index contributed by atoms with van der Waals surface area (Å²) in [6.07, 6.45) is 7.09. The first kappa shape index (κ1) is 16.1. The minimum atomic E-state index is -0.0511. The maximum Gasteiger partial charge on any atom is 0.251 e. The van der Waals surface area contributed by atoms with Crippen LogP contribution in [-0.2, 0) is 4.79 Å². The van der Waals surface area contributed by atoms with Crippen LogP contribution in [-0.4, -0.2) is 21.9 Å². The SMILES string of the molecule is O=C1CC[C@H](/C=C(/c2ccc(Cl)nc2)c2ccc(C3CC3)c(=O)[nH]2)N1. The molecule has 6 heteroatoms. The van der Waals surface area contributed by atoms with Gasteiger partial charge >= 0.3 is 0 Å². The summed E-state index contributed by atoms with van der Waals surface area (Å²) in [4.78, 5) is 31.1. The van der Waals surface area contributed by atoms with Gasteiger partial charge in [0.1, 0.15) is 5.15 Å². The maximum atomic E-state index is 12.4. The summed E-state index contributed by atoms with van der Waals surface area (Å²) in [5, 5.41) is 3.35. The number of nitrogens with zero attached hydrogens (tertiary/aromatic N) is 1. The van der Waals surface area contributed by atoms with Crippen LogP contribution in [0.2, 0.25) is 5.15 Å². The van der Waals surface area contributed by atoms with Crippen LogP contribution in [0.25, 0.3) is 5.57 Å². The van der Waals surface area contributed by atoms with Gasteiger partial charge in [-0.15, -0.1) is 0 Å². The van der Waals surface area contributed by atoms with E-state index in [4.69, 9.17) is 11.6 Å². The highest BCUT2D eigenvalue weighted by molar-refractivity contribution is 6.29. The van der Waals surface area contributed by atoms with E-state index < -0.39 is 0 Å². The van der Waals surface area contributed by atoms with Crippen molar-refractivity contribution in [2.45, 2.75) is 37.6 Å². The Kier molecular flexibility index (Phi) is 4.17. The molecule has 5 nitrogen and oxygen atoms in total. The molecular weight excluding hydrogens is 338 g/mol. The number of pyridine rings is 2. The van der Waals surface area contributed by atoms with Gasteiger partial charge in [-0.25, -0.2) is 4.98 Å². The molecule has 3 heterocycles. The first-order chi connectivity index (χ1) is 12.1. The van der Waals surface area contributed by atoms with E-state index in [2.05, 4.69) is 15.3 Å². The van der Waals surface area contributed by atoms with Crippen LogP contribution in [0.15, 0.2) is 41.3 Å². The Hall–Kier alpha value is -2.40. The third-order valence-electron chi connectivity index (χ3n) is 4.68. The predicted octanol–water partition coefficient (Wildman–Crippen LogP) is 3.01. The first-order valence-corrected chi connectivity index (χ1v) is 8.84. The molecular formula is C19H18ClN3O2. The second-order valence-corrected chi connectivity index (χ2v) is 6.98. The Morgan fingerprint density at radius 2 is 2.00 bits per heavy atom. The van der Waals surface area contributed by atoms with Crippen LogP contribution in [0, 0.1) is 0 Å². The van der Waals surface area contributed by atoms with Crippen molar-refractivity contribution in [2.24, 2.45) is 0 Å². The minimum absolute atomic E-state index is 0.0386. The van der Waals surface area contributed by atoms with Gasteiger partial charge < -0.3 is 10.3 Å². The van der Waals surface area contributed by atoms with Crippen LogP contribution < -0.4 is 10.9 Å². The van der Waals surface area contributed by atoms with Crippen LogP contribution in [0.1, 0.15) is 48.4 Å². The molecule has 2 aromatic rings. The molecule has 128 valence electrons. The van der Waals surface area contributed by atoms with Crippen molar-refractivity contribution < 1.29 is 4.79 Å². The zero-order chi connectivity index (χ0) is 17.4. The lowest BCUT2D eigenvalue weighted by molar-refractivity contribution is -0.119. The van der Waals surface area contributed by atoms with Gasteiger partial charge in [0.05, 0.1) is 0 Å². The second-order valence-electron chi connectivity index (χ2n) is 6.59. The standard InChI is InChI=1S/C19H18ClN3O2/c20-17-7-3-12(10-21-17)15(9-13-4-8-18(24)22-13)16-6-5-14(11-1-2-11)19(25)23-16/h3,5-7,9-11,13H,1-2,4,8H2,(H,22,24)(H,23,25)/b15-9-/t13-/m1/s1. The molecule has 2 aromatic heterocycles. The maximum absolute atomic E-state index is 12.4. The number of H-pyrrole nitrogens is 1. The van der Waals surface area contributed by atoms with Gasteiger partial charge in [0.15, 0.2) is 0 Å². The van der Waals surface area contributed by atoms with Crippen LogP contribution >= 0.6 is 11.6 Å². The fourth-order valence-electron chi connectivity index (χ4n) is 3.20. The number of rotatable bonds is 4. The lowest BCUT2D eigenvalue weighted by Crippen LogP contribution is -2.23. The molecule has 2 N–H and O–H groups in total. The number of halogens is 1. The topological polar surface area (TPSA) is 74.8 Å². The Bertz CT molecular complexity index is 898. The molecule has 1 aliphatic carbocycles. The van der Waals surface area contributed by atoms with E-state index in [-0.39, 0.29) is 17.5 Å². The molecule has 2 fully saturated rings. The van der Waals surface area contributed by atoms with E-state index in [1.54, 1.807) is 12.3 Å². The average molecular weight is 356 g/mol. The normalized spacial score (nSPS) is 20.6. The van der Waals surface area contributed by atoms with Gasteiger partial charge in [0.2, 0.25) is 5.91 Å². The molecule has 1 aliphatic heterocycles. The number of hydrogen-bond acceptors (Lipinski definition) is 3. The fourth-order valence-corrected chi connectivity index (χ4v) is 3.31. The summed E-state index contributed by atoms with van der Waals surface area (Å²) < 4.78 is 0. The smallest absolute Gasteiger partial charge is 0.251 e. The molecule has 1 amide bonds. The molecule has 0 spiro atoms. The van der Waals surface area contributed by atoms with Crippen LogP contribution in [0.3, 0.4) is 0 Å². The van der Waals surface area contributed by atoms with Gasteiger partial charge in [-0.1, -0.05) is 23.7 Å². The molecule has 1 atom stereocenters. The number of nitrogens with one attached hydrogen (secondary N) is 2. The summed E-state index contributed by atoms with van der Waals surface area (Å²) >= 11 is 5.89. The molecule has 0 radical (unpaired) electrons. The number of hydrogen-bond donors (Lipinski definition) is 2. The number of aromatic nitrogens is 2. The van der Waals surface area contributed by atoms with E-state index in [0.29, 0.717) is 17.5 Å². The van der Waals surface area contributed by atoms with Crippen molar-refractivity contribution in [1.82, 2.24) is 15.3 Å². The molecule has 1 saturated carbocycles. The summed E-state index contributed by atoms with van der Waals surface area (Å²) in [7, 11) is 0. The van der Waals surface area contributed by atoms with Crippen molar-refractivity contribution in [3.63, 3.8) is 0 Å². The summed E-state index contributed by atoms with van der Waals surface area (Å²) in [6.45, 7) is 0. The van der Waals surface area contributed by atoms with E-state index in [1.807, 2.05) is 24.3 Å². The fraction of sp³-hybridized carbons (Fsp3) is 0.316. The number of aromatic amines is 1. The zero-order valence-corrected chi connectivity index (χ0v) is 14.3. The van der Waals surface area contributed by atoms with E-state index in [0.717, 1.165) is 41.7 Å². The summed E-state index contributed by atoms with van der Waals surface area (Å²) in [5.41, 5.74) is 3.23. The highest BCUT2D eigenvalue weighted by Gasteiger charge is 2.26. The quantitative estimate of drug-likeness (QED) is 0.828. The Morgan fingerprint density at radius 1 is 1.16 bits per heavy atom. The minimum Gasteiger partial charge on any atom is -0.350 e. The highest BCUT2D eigenvalue weighted by Crippen LogP contribution is 2.38. The lowest BCUT2D eigenvalue weighted by Gasteiger charge is -2.12. The highest BCUT2D eigenvalue weighted by atomic mass is 35.5. The zero-order valence-electron chi connectivity index (χ0n) is 13.6.